The Morgan fingerprint density at radius 2 is 1.87 bits per heavy atom. The highest BCUT2D eigenvalue weighted by Gasteiger charge is 2.57. The highest BCUT2D eigenvalue weighted by atomic mass is 16.5. The summed E-state index contributed by atoms with van der Waals surface area (Å²) >= 11 is 0. The predicted molar refractivity (Wildman–Crippen MR) is 121 cm³/mol. The Kier molecular flexibility index (Phi) is 6.56. The zero-order valence-corrected chi connectivity index (χ0v) is 18.6. The van der Waals surface area contributed by atoms with Gasteiger partial charge in [0.25, 0.3) is 0 Å². The Morgan fingerprint density at radius 3 is 2.50 bits per heavy atom. The summed E-state index contributed by atoms with van der Waals surface area (Å²) in [6.07, 6.45) is 13.5. The van der Waals surface area contributed by atoms with Crippen molar-refractivity contribution in [1.29, 1.82) is 0 Å². The molecule has 0 heterocycles. The fourth-order valence-electron chi connectivity index (χ4n) is 5.10. The van der Waals surface area contributed by atoms with Gasteiger partial charge in [0.1, 0.15) is 5.75 Å². The topological polar surface area (TPSA) is 66.8 Å². The molecule has 0 spiro atoms. The van der Waals surface area contributed by atoms with Crippen molar-refractivity contribution in [1.82, 2.24) is 0 Å². The van der Waals surface area contributed by atoms with Gasteiger partial charge in [-0.25, -0.2) is 4.79 Å². The summed E-state index contributed by atoms with van der Waals surface area (Å²) in [4.78, 5) is 10.8. The van der Waals surface area contributed by atoms with Crippen molar-refractivity contribution in [3.05, 3.63) is 58.7 Å². The summed E-state index contributed by atoms with van der Waals surface area (Å²) in [6.45, 7) is 8.95. The number of hydrogen-bond acceptors (Lipinski definition) is 3. The number of aliphatic hydroxyl groups excluding tert-OH is 1. The van der Waals surface area contributed by atoms with E-state index in [0.29, 0.717) is 12.2 Å². The normalized spacial score (nSPS) is 28.3. The first kappa shape index (κ1) is 22.4. The summed E-state index contributed by atoms with van der Waals surface area (Å²) in [7, 11) is 0. The van der Waals surface area contributed by atoms with Crippen LogP contribution in [0, 0.1) is 0 Å². The van der Waals surface area contributed by atoms with Gasteiger partial charge in [-0.15, -0.1) is 0 Å². The first-order valence-corrected chi connectivity index (χ1v) is 11.0. The van der Waals surface area contributed by atoms with E-state index in [4.69, 9.17) is 9.84 Å². The van der Waals surface area contributed by atoms with Crippen molar-refractivity contribution in [2.24, 2.45) is 0 Å². The van der Waals surface area contributed by atoms with Gasteiger partial charge in [-0.1, -0.05) is 57.9 Å². The maximum Gasteiger partial charge on any atom is 0.328 e. The lowest BCUT2D eigenvalue weighted by Crippen LogP contribution is -2.46. The molecular weight excluding hydrogens is 376 g/mol. The summed E-state index contributed by atoms with van der Waals surface area (Å²) < 4.78 is 6.15. The average molecular weight is 411 g/mol. The molecule has 1 fully saturated rings. The molecule has 3 atom stereocenters. The molecule has 162 valence electrons. The molecule has 3 rings (SSSR count). The Morgan fingerprint density at radius 1 is 1.20 bits per heavy atom. The minimum absolute atomic E-state index is 0.216. The predicted octanol–water partition coefficient (Wildman–Crippen LogP) is 5.54. The fraction of sp³-hybridized carbons (Fsp3) is 0.500. The van der Waals surface area contributed by atoms with Crippen LogP contribution >= 0.6 is 0 Å². The zero-order valence-electron chi connectivity index (χ0n) is 18.6. The van der Waals surface area contributed by atoms with Crippen LogP contribution in [0.3, 0.4) is 0 Å². The third-order valence-corrected chi connectivity index (χ3v) is 6.83. The molecule has 0 saturated heterocycles. The number of carbonyl (C=O) groups is 1. The number of fused-ring (bicyclic) bond motifs is 5. The molecule has 3 unspecified atom stereocenters. The van der Waals surface area contributed by atoms with E-state index in [1.807, 2.05) is 18.2 Å². The van der Waals surface area contributed by atoms with Crippen molar-refractivity contribution >= 4 is 12.0 Å². The SMILES string of the molecule is CCCCOc1cc2c(cc1/C=C/C=C/C(C)=C/C(=O)O)C1(C)CCCC2(C)C1O. The van der Waals surface area contributed by atoms with E-state index in [0.717, 1.165) is 43.4 Å². The summed E-state index contributed by atoms with van der Waals surface area (Å²) in [5.74, 6) is -0.0907. The van der Waals surface area contributed by atoms with E-state index in [9.17, 15) is 9.90 Å². The van der Waals surface area contributed by atoms with Crippen molar-refractivity contribution < 1.29 is 19.7 Å². The molecule has 2 aliphatic carbocycles. The van der Waals surface area contributed by atoms with Gasteiger partial charge < -0.3 is 14.9 Å². The van der Waals surface area contributed by atoms with Crippen LogP contribution in [0.2, 0.25) is 0 Å². The van der Waals surface area contributed by atoms with Gasteiger partial charge in [-0.05, 0) is 55.0 Å². The number of hydrogen-bond donors (Lipinski definition) is 2. The minimum Gasteiger partial charge on any atom is -0.493 e. The summed E-state index contributed by atoms with van der Waals surface area (Å²) in [5, 5.41) is 20.0. The standard InChI is InChI=1S/C26H34O4/c1-5-6-14-30-22-17-21-20(25(3)12-9-13-26(21,4)24(25)29)16-19(22)11-8-7-10-18(2)15-23(27)28/h7-8,10-11,15-17,24,29H,5-6,9,12-14H2,1-4H3,(H,27,28)/b10-7+,11-8+,18-15+. The quantitative estimate of drug-likeness (QED) is 0.335. The van der Waals surface area contributed by atoms with Gasteiger partial charge in [-0.3, -0.25) is 0 Å². The van der Waals surface area contributed by atoms with Crippen molar-refractivity contribution in [2.75, 3.05) is 6.61 Å². The molecule has 0 aliphatic heterocycles. The number of benzene rings is 1. The Hall–Kier alpha value is -2.33. The molecule has 1 aromatic rings. The highest BCUT2D eigenvalue weighted by Crippen LogP contribution is 2.58. The average Bonchev–Trinajstić information content (AvgIpc) is 2.77. The number of unbranched alkanes of at least 4 members (excludes halogenated alkanes) is 1. The highest BCUT2D eigenvalue weighted by molar-refractivity contribution is 5.81. The lowest BCUT2D eigenvalue weighted by atomic mass is 9.66. The molecule has 4 nitrogen and oxygen atoms in total. The number of ether oxygens (including phenoxy) is 1. The van der Waals surface area contributed by atoms with Crippen molar-refractivity contribution in [3.8, 4) is 5.75 Å². The first-order chi connectivity index (χ1) is 14.2. The van der Waals surface area contributed by atoms with Gasteiger partial charge in [0.15, 0.2) is 0 Å². The maximum atomic E-state index is 11.2. The number of aliphatic hydroxyl groups is 1. The molecule has 1 saturated carbocycles. The van der Waals surface area contributed by atoms with Crippen LogP contribution in [0.15, 0.2) is 42.0 Å². The second kappa shape index (κ2) is 8.81. The number of allylic oxidation sites excluding steroid dienone is 4. The molecule has 0 aromatic heterocycles. The molecule has 0 amide bonds. The molecule has 0 radical (unpaired) electrons. The fourth-order valence-corrected chi connectivity index (χ4v) is 5.10. The summed E-state index contributed by atoms with van der Waals surface area (Å²) in [6, 6.07) is 4.35. The molecular formula is C26H34O4. The third-order valence-electron chi connectivity index (χ3n) is 6.83. The van der Waals surface area contributed by atoms with Crippen LogP contribution in [0.25, 0.3) is 6.08 Å². The van der Waals surface area contributed by atoms with Crippen LogP contribution in [0.4, 0.5) is 0 Å². The molecule has 30 heavy (non-hydrogen) atoms. The number of rotatable bonds is 8. The van der Waals surface area contributed by atoms with E-state index in [1.54, 1.807) is 13.0 Å². The first-order valence-electron chi connectivity index (χ1n) is 11.0. The van der Waals surface area contributed by atoms with Gasteiger partial charge >= 0.3 is 5.97 Å². The smallest absolute Gasteiger partial charge is 0.328 e. The van der Waals surface area contributed by atoms with E-state index < -0.39 is 5.97 Å². The molecule has 2 N–H and O–H groups in total. The van der Waals surface area contributed by atoms with Gasteiger partial charge in [0.2, 0.25) is 0 Å². The van der Waals surface area contributed by atoms with E-state index in [1.165, 1.54) is 17.2 Å². The molecule has 4 heteroatoms. The lowest BCUT2D eigenvalue weighted by Gasteiger charge is -2.41. The van der Waals surface area contributed by atoms with E-state index in [-0.39, 0.29) is 16.9 Å². The second-order valence-corrected chi connectivity index (χ2v) is 9.17. The van der Waals surface area contributed by atoms with Gasteiger partial charge in [-0.2, -0.15) is 0 Å². The third kappa shape index (κ3) is 4.11. The molecule has 1 aromatic carbocycles. The van der Waals surface area contributed by atoms with Crippen LogP contribution in [0.5, 0.6) is 5.75 Å². The second-order valence-electron chi connectivity index (χ2n) is 9.17. The van der Waals surface area contributed by atoms with E-state index >= 15 is 0 Å². The number of carboxylic acids is 1. The number of carboxylic acid groups (broad SMARTS) is 1. The summed E-state index contributed by atoms with van der Waals surface area (Å²) in [5.41, 5.74) is 3.71. The molecule has 2 aliphatic rings. The Labute approximate surface area is 180 Å². The van der Waals surface area contributed by atoms with Crippen molar-refractivity contribution in [2.45, 2.75) is 76.7 Å². The minimum atomic E-state index is -0.947. The Bertz CT molecular complexity index is 895. The van der Waals surface area contributed by atoms with Gasteiger partial charge in [0.05, 0.1) is 12.7 Å². The molecule has 2 bridgehead atoms. The zero-order chi connectivity index (χ0) is 21.9. The van der Waals surface area contributed by atoms with E-state index in [2.05, 4.69) is 32.9 Å². The lowest BCUT2D eigenvalue weighted by molar-refractivity contribution is -0.131. The largest absolute Gasteiger partial charge is 0.493 e. The van der Waals surface area contributed by atoms with Crippen LogP contribution in [0.1, 0.15) is 76.5 Å². The maximum absolute atomic E-state index is 11.2. The van der Waals surface area contributed by atoms with Gasteiger partial charge in [0, 0.05) is 22.5 Å². The monoisotopic (exact) mass is 410 g/mol. The van der Waals surface area contributed by atoms with Crippen LogP contribution < -0.4 is 4.74 Å². The Balaban J connectivity index is 1.97. The van der Waals surface area contributed by atoms with Crippen LogP contribution in [-0.4, -0.2) is 28.9 Å². The number of aliphatic carboxylic acids is 1. The van der Waals surface area contributed by atoms with Crippen molar-refractivity contribution in [3.63, 3.8) is 0 Å². The van der Waals surface area contributed by atoms with Crippen LogP contribution in [-0.2, 0) is 15.6 Å².